The molecule has 2 aromatic heterocycles. The molecule has 2 heterocycles. The van der Waals surface area contributed by atoms with Gasteiger partial charge in [0.1, 0.15) is 5.92 Å². The third-order valence-electron chi connectivity index (χ3n) is 2.37. The molecule has 0 fully saturated rings. The molecular formula is C11H13N3O2. The predicted molar refractivity (Wildman–Crippen MR) is 58.0 cm³/mol. The minimum absolute atomic E-state index is 0.277. The van der Waals surface area contributed by atoms with Gasteiger partial charge >= 0.3 is 5.97 Å². The molecule has 1 atom stereocenters. The summed E-state index contributed by atoms with van der Waals surface area (Å²) in [4.78, 5) is 11.6. The molecule has 0 spiro atoms. The smallest absolute Gasteiger partial charge is 0.316 e. The Hall–Kier alpha value is -1.91. The fraction of sp³-hybridized carbons (Fsp3) is 0.364. The molecule has 5 nitrogen and oxygen atoms in total. The van der Waals surface area contributed by atoms with Crippen LogP contribution in [0.4, 0.5) is 0 Å². The number of fused-ring (bicyclic) bond motifs is 1. The van der Waals surface area contributed by atoms with Crippen LogP contribution in [0.3, 0.4) is 0 Å². The second-order valence-electron chi connectivity index (χ2n) is 3.46. The monoisotopic (exact) mass is 219 g/mol. The highest BCUT2D eigenvalue weighted by atomic mass is 16.5. The summed E-state index contributed by atoms with van der Waals surface area (Å²) >= 11 is 0. The summed E-state index contributed by atoms with van der Waals surface area (Å²) in [5.74, 6) is -0.0768. The minimum Gasteiger partial charge on any atom is -0.465 e. The van der Waals surface area contributed by atoms with Crippen LogP contribution in [0, 0.1) is 0 Å². The summed E-state index contributed by atoms with van der Waals surface area (Å²) < 4.78 is 6.75. The number of carbonyl (C=O) groups is 1. The van der Waals surface area contributed by atoms with Crippen molar-refractivity contribution < 1.29 is 9.53 Å². The highest BCUT2D eigenvalue weighted by molar-refractivity contribution is 5.76. The summed E-state index contributed by atoms with van der Waals surface area (Å²) in [6, 6.07) is 5.59. The largest absolute Gasteiger partial charge is 0.465 e. The molecule has 0 aromatic carbocycles. The van der Waals surface area contributed by atoms with Crippen molar-refractivity contribution in [3.63, 3.8) is 0 Å². The van der Waals surface area contributed by atoms with Gasteiger partial charge in [-0.1, -0.05) is 6.07 Å². The minimum atomic E-state index is -0.405. The van der Waals surface area contributed by atoms with Crippen LogP contribution in [0.2, 0.25) is 0 Å². The van der Waals surface area contributed by atoms with Gasteiger partial charge in [0.05, 0.1) is 6.61 Å². The van der Waals surface area contributed by atoms with Crippen molar-refractivity contribution in [1.82, 2.24) is 14.6 Å². The zero-order chi connectivity index (χ0) is 11.5. The van der Waals surface area contributed by atoms with E-state index in [9.17, 15) is 4.79 Å². The number of ether oxygens (including phenoxy) is 1. The number of hydrogen-bond acceptors (Lipinski definition) is 4. The first kappa shape index (κ1) is 10.6. The third kappa shape index (κ3) is 1.76. The van der Waals surface area contributed by atoms with E-state index in [1.54, 1.807) is 18.2 Å². The van der Waals surface area contributed by atoms with Gasteiger partial charge in [0, 0.05) is 6.20 Å². The van der Waals surface area contributed by atoms with Gasteiger partial charge in [-0.2, -0.15) is 0 Å². The number of hydrogen-bond donors (Lipinski definition) is 0. The van der Waals surface area contributed by atoms with Crippen LogP contribution in [0.15, 0.2) is 24.4 Å². The van der Waals surface area contributed by atoms with Gasteiger partial charge in [-0.15, -0.1) is 10.2 Å². The molecule has 2 rings (SSSR count). The van der Waals surface area contributed by atoms with Crippen molar-refractivity contribution >= 4 is 11.6 Å². The standard InChI is InChI=1S/C11H13N3O2/c1-3-16-11(15)8(2)10-13-12-9-6-4-5-7-14(9)10/h4-8H,3H2,1-2H3. The highest BCUT2D eigenvalue weighted by Crippen LogP contribution is 2.15. The molecule has 0 aliphatic heterocycles. The molecular weight excluding hydrogens is 206 g/mol. The molecule has 0 saturated heterocycles. The van der Waals surface area contributed by atoms with Gasteiger partial charge in [0.25, 0.3) is 0 Å². The Kier molecular flexibility index (Phi) is 2.85. The lowest BCUT2D eigenvalue weighted by molar-refractivity contribution is -0.144. The molecule has 0 amide bonds. The van der Waals surface area contributed by atoms with Crippen molar-refractivity contribution in [2.45, 2.75) is 19.8 Å². The molecule has 0 bridgehead atoms. The average molecular weight is 219 g/mol. The number of nitrogens with zero attached hydrogens (tertiary/aromatic N) is 3. The number of esters is 1. The van der Waals surface area contributed by atoms with Gasteiger partial charge in [0.2, 0.25) is 0 Å². The molecule has 0 radical (unpaired) electrons. The van der Waals surface area contributed by atoms with Crippen molar-refractivity contribution in [2.24, 2.45) is 0 Å². The van der Waals surface area contributed by atoms with E-state index >= 15 is 0 Å². The molecule has 84 valence electrons. The fourth-order valence-corrected chi connectivity index (χ4v) is 1.53. The molecule has 1 unspecified atom stereocenters. The van der Waals surface area contributed by atoms with E-state index in [1.807, 2.05) is 24.4 Å². The second-order valence-corrected chi connectivity index (χ2v) is 3.46. The van der Waals surface area contributed by atoms with Crippen LogP contribution in [0.25, 0.3) is 5.65 Å². The molecule has 16 heavy (non-hydrogen) atoms. The summed E-state index contributed by atoms with van der Waals surface area (Å²) in [5, 5.41) is 8.00. The van der Waals surface area contributed by atoms with Crippen molar-refractivity contribution in [3.05, 3.63) is 30.2 Å². The van der Waals surface area contributed by atoms with E-state index in [0.29, 0.717) is 12.4 Å². The first-order chi connectivity index (χ1) is 7.74. The average Bonchev–Trinajstić information content (AvgIpc) is 2.72. The van der Waals surface area contributed by atoms with Crippen molar-refractivity contribution in [1.29, 1.82) is 0 Å². The fourth-order valence-electron chi connectivity index (χ4n) is 1.53. The van der Waals surface area contributed by atoms with Gasteiger partial charge < -0.3 is 4.74 Å². The topological polar surface area (TPSA) is 56.5 Å². The van der Waals surface area contributed by atoms with E-state index in [1.165, 1.54) is 0 Å². The first-order valence-corrected chi connectivity index (χ1v) is 5.20. The SMILES string of the molecule is CCOC(=O)C(C)c1nnc2ccccn12. The van der Waals surface area contributed by atoms with E-state index in [2.05, 4.69) is 10.2 Å². The van der Waals surface area contributed by atoms with Gasteiger partial charge in [0.15, 0.2) is 11.5 Å². The summed E-state index contributed by atoms with van der Waals surface area (Å²) in [6.07, 6.45) is 1.83. The van der Waals surface area contributed by atoms with Crippen LogP contribution in [0.1, 0.15) is 25.6 Å². The number of aromatic nitrogens is 3. The molecule has 0 aliphatic carbocycles. The van der Waals surface area contributed by atoms with Gasteiger partial charge in [-0.05, 0) is 26.0 Å². The number of carbonyl (C=O) groups excluding carboxylic acids is 1. The van der Waals surface area contributed by atoms with Gasteiger partial charge in [-0.25, -0.2) is 0 Å². The van der Waals surface area contributed by atoms with Crippen molar-refractivity contribution in [2.75, 3.05) is 6.61 Å². The predicted octanol–water partition coefficient (Wildman–Crippen LogP) is 1.40. The van der Waals surface area contributed by atoms with Crippen LogP contribution < -0.4 is 0 Å². The summed E-state index contributed by atoms with van der Waals surface area (Å²) in [7, 11) is 0. The lowest BCUT2D eigenvalue weighted by Gasteiger charge is -2.08. The molecule has 0 aliphatic rings. The zero-order valence-corrected chi connectivity index (χ0v) is 9.25. The maximum absolute atomic E-state index is 11.6. The maximum Gasteiger partial charge on any atom is 0.316 e. The van der Waals surface area contributed by atoms with Crippen molar-refractivity contribution in [3.8, 4) is 0 Å². The van der Waals surface area contributed by atoms with Crippen LogP contribution in [-0.2, 0) is 9.53 Å². The van der Waals surface area contributed by atoms with E-state index in [4.69, 9.17) is 4.74 Å². The van der Waals surface area contributed by atoms with E-state index < -0.39 is 5.92 Å². The Morgan fingerprint density at radius 1 is 1.50 bits per heavy atom. The maximum atomic E-state index is 11.6. The molecule has 5 heteroatoms. The second kappa shape index (κ2) is 4.30. The Bertz CT molecular complexity index is 507. The Balaban J connectivity index is 2.36. The summed E-state index contributed by atoms with van der Waals surface area (Å²) in [5.41, 5.74) is 0.730. The normalized spacial score (nSPS) is 12.6. The lowest BCUT2D eigenvalue weighted by atomic mass is 10.2. The Labute approximate surface area is 93.1 Å². The lowest BCUT2D eigenvalue weighted by Crippen LogP contribution is -2.15. The molecule has 0 N–H and O–H groups in total. The third-order valence-corrected chi connectivity index (χ3v) is 2.37. The Morgan fingerprint density at radius 3 is 3.06 bits per heavy atom. The number of pyridine rings is 1. The van der Waals surface area contributed by atoms with Crippen LogP contribution in [-0.4, -0.2) is 27.2 Å². The van der Waals surface area contributed by atoms with Crippen LogP contribution in [0.5, 0.6) is 0 Å². The quantitative estimate of drug-likeness (QED) is 0.732. The van der Waals surface area contributed by atoms with E-state index in [-0.39, 0.29) is 5.97 Å². The zero-order valence-electron chi connectivity index (χ0n) is 9.25. The Morgan fingerprint density at radius 2 is 2.31 bits per heavy atom. The number of rotatable bonds is 3. The van der Waals surface area contributed by atoms with E-state index in [0.717, 1.165) is 5.65 Å². The van der Waals surface area contributed by atoms with Gasteiger partial charge in [-0.3, -0.25) is 9.20 Å². The first-order valence-electron chi connectivity index (χ1n) is 5.20. The van der Waals surface area contributed by atoms with Crippen LogP contribution >= 0.6 is 0 Å². The highest BCUT2D eigenvalue weighted by Gasteiger charge is 2.21. The summed E-state index contributed by atoms with van der Waals surface area (Å²) in [6.45, 7) is 3.92. The molecule has 0 saturated carbocycles. The molecule has 2 aromatic rings.